The van der Waals surface area contributed by atoms with Crippen LogP contribution in [0.1, 0.15) is 35.1 Å². The van der Waals surface area contributed by atoms with Crippen LogP contribution in [0.3, 0.4) is 0 Å². The number of nitrogens with two attached hydrogens (primary N) is 1. The van der Waals surface area contributed by atoms with E-state index in [-0.39, 0.29) is 11.7 Å². The van der Waals surface area contributed by atoms with Gasteiger partial charge in [0, 0.05) is 6.38 Å². The van der Waals surface area contributed by atoms with Gasteiger partial charge in [-0.05, 0) is 13.8 Å². The second-order valence-electron chi connectivity index (χ2n) is 3.95. The van der Waals surface area contributed by atoms with Gasteiger partial charge in [0.1, 0.15) is 17.6 Å². The monoisotopic (exact) mass is 298 g/mol. The van der Waals surface area contributed by atoms with Crippen LogP contribution >= 0.6 is 11.6 Å². The normalized spacial score (nSPS) is 11.4. The van der Waals surface area contributed by atoms with E-state index in [9.17, 15) is 4.79 Å². The Hall–Kier alpha value is -2.06. The topological polar surface area (TPSA) is 127 Å². The molecule has 20 heavy (non-hydrogen) atoms. The highest BCUT2D eigenvalue weighted by atomic mass is 35.5. The Kier molecular flexibility index (Phi) is 5.53. The van der Waals surface area contributed by atoms with Gasteiger partial charge in [0.25, 0.3) is 5.91 Å². The van der Waals surface area contributed by atoms with Gasteiger partial charge in [0.2, 0.25) is 0 Å². The molecule has 2 aromatic rings. The largest absolute Gasteiger partial charge is 0.364 e. The fraction of sp³-hybridized carbons (Fsp3) is 0.364. The van der Waals surface area contributed by atoms with Gasteiger partial charge in [0.15, 0.2) is 11.6 Å². The highest BCUT2D eigenvalue weighted by Crippen LogP contribution is 2.10. The molecule has 108 valence electrons. The molecule has 1 atom stereocenters. The fourth-order valence-electron chi connectivity index (χ4n) is 1.48. The van der Waals surface area contributed by atoms with E-state index in [1.54, 1.807) is 11.6 Å². The van der Waals surface area contributed by atoms with Crippen LogP contribution in [0.5, 0.6) is 0 Å². The first-order valence-corrected chi connectivity index (χ1v) is 6.51. The molecule has 0 aliphatic heterocycles. The fourth-order valence-corrected chi connectivity index (χ4v) is 1.48. The van der Waals surface area contributed by atoms with Crippen molar-refractivity contribution in [2.24, 2.45) is 5.73 Å². The number of rotatable bonds is 3. The van der Waals surface area contributed by atoms with Gasteiger partial charge in [-0.25, -0.2) is 15.0 Å². The predicted molar refractivity (Wildman–Crippen MR) is 73.3 cm³/mol. The van der Waals surface area contributed by atoms with E-state index >= 15 is 0 Å². The molecule has 0 aromatic carbocycles. The zero-order chi connectivity index (χ0) is 15.3. The highest BCUT2D eigenvalue weighted by Gasteiger charge is 2.16. The molecule has 0 bridgehead atoms. The number of aromatic nitrogens is 5. The van der Waals surface area contributed by atoms with Crippen molar-refractivity contribution < 1.29 is 10.5 Å². The lowest BCUT2D eigenvalue weighted by Crippen LogP contribution is -2.52. The number of primary amides is 1. The van der Waals surface area contributed by atoms with Gasteiger partial charge in [-0.3, -0.25) is 4.79 Å². The number of halogens is 1. The molecule has 0 saturated carbocycles. The van der Waals surface area contributed by atoms with Crippen molar-refractivity contribution in [2.75, 3.05) is 6.38 Å². The predicted octanol–water partition coefficient (Wildman–Crippen LogP) is -0.377. The molecule has 0 radical (unpaired) electrons. The molecule has 0 aliphatic rings. The Morgan fingerprint density at radius 2 is 2.05 bits per heavy atom. The lowest BCUT2D eigenvalue weighted by Gasteiger charge is -2.05. The number of nitrogens with zero attached hydrogens (tertiary/aromatic N) is 5. The minimum absolute atomic E-state index is 0.0381. The van der Waals surface area contributed by atoms with Gasteiger partial charge < -0.3 is 11.5 Å². The average molecular weight is 299 g/mol. The molecule has 0 fully saturated rings. The molecule has 2 heterocycles. The molecule has 0 saturated heterocycles. The molecule has 8 nitrogen and oxygen atoms in total. The standard InChI is InChI=1S/C10H13N7O.CH3Cl/c1-5(11)10-15-6(2)16-17(10)8-4-13-7(3-14-8)9(12)18;1-2/h3-5H,11H2,1-2H3,(H2,12,18);1H3/p+1. The number of amides is 1. The minimum Gasteiger partial charge on any atom is -0.364 e. The Morgan fingerprint density at radius 1 is 1.40 bits per heavy atom. The maximum atomic E-state index is 10.9. The summed E-state index contributed by atoms with van der Waals surface area (Å²) in [6.45, 7) is 3.69. The Balaban J connectivity index is 0.000000956. The highest BCUT2D eigenvalue weighted by molar-refractivity contribution is 6.15. The summed E-state index contributed by atoms with van der Waals surface area (Å²) in [7, 11) is 0. The summed E-state index contributed by atoms with van der Waals surface area (Å²) in [4.78, 5) is 23.2. The quantitative estimate of drug-likeness (QED) is 0.747. The van der Waals surface area contributed by atoms with Gasteiger partial charge in [-0.1, -0.05) is 0 Å². The van der Waals surface area contributed by atoms with Crippen molar-refractivity contribution in [1.29, 1.82) is 0 Å². The molecule has 0 aliphatic carbocycles. The van der Waals surface area contributed by atoms with Crippen molar-refractivity contribution in [1.82, 2.24) is 24.7 Å². The maximum Gasteiger partial charge on any atom is 0.268 e. The van der Waals surface area contributed by atoms with Crippen LogP contribution in [0, 0.1) is 6.92 Å². The van der Waals surface area contributed by atoms with Gasteiger partial charge in [-0.2, -0.15) is 4.68 Å². The Labute approximate surface area is 121 Å². The molecule has 9 heteroatoms. The molecule has 5 N–H and O–H groups in total. The van der Waals surface area contributed by atoms with Crippen molar-refractivity contribution in [3.05, 3.63) is 29.7 Å². The average Bonchev–Trinajstić information content (AvgIpc) is 2.83. The Bertz CT molecular complexity index is 579. The summed E-state index contributed by atoms with van der Waals surface area (Å²) >= 11 is 4.64. The molecular weight excluding hydrogens is 282 g/mol. The second kappa shape index (κ2) is 6.92. The summed E-state index contributed by atoms with van der Waals surface area (Å²) in [5.41, 5.74) is 9.12. The number of hydrogen-bond acceptors (Lipinski definition) is 5. The van der Waals surface area contributed by atoms with Crippen molar-refractivity contribution >= 4 is 17.5 Å². The third kappa shape index (κ3) is 3.49. The SMILES string of the molecule is CCl.Cc1nc(C(C)[NH3+])n(-c2cnc(C(N)=O)cn2)n1. The van der Waals surface area contributed by atoms with E-state index < -0.39 is 5.91 Å². The number of aryl methyl sites for hydroxylation is 1. The number of carbonyl (C=O) groups is 1. The van der Waals surface area contributed by atoms with Crippen LogP contribution in [0.4, 0.5) is 0 Å². The first-order valence-electron chi connectivity index (χ1n) is 5.75. The minimum atomic E-state index is -0.616. The number of carbonyl (C=O) groups excluding carboxylic acids is 1. The van der Waals surface area contributed by atoms with Crippen molar-refractivity contribution in [2.45, 2.75) is 19.9 Å². The summed E-state index contributed by atoms with van der Waals surface area (Å²) in [6, 6.07) is -0.0381. The lowest BCUT2D eigenvalue weighted by molar-refractivity contribution is -0.422. The molecule has 1 amide bonds. The molecular formula is C11H17ClN7O+. The van der Waals surface area contributed by atoms with Crippen LogP contribution in [-0.2, 0) is 0 Å². The summed E-state index contributed by atoms with van der Waals surface area (Å²) in [5.74, 6) is 1.18. The molecule has 1 unspecified atom stereocenters. The maximum absolute atomic E-state index is 10.9. The van der Waals surface area contributed by atoms with E-state index in [1.165, 1.54) is 18.8 Å². The third-order valence-corrected chi connectivity index (χ3v) is 2.29. The Morgan fingerprint density at radius 3 is 2.50 bits per heavy atom. The summed E-state index contributed by atoms with van der Waals surface area (Å²) in [6.07, 6.45) is 4.21. The van der Waals surface area contributed by atoms with Crippen LogP contribution in [0.15, 0.2) is 12.4 Å². The molecule has 2 rings (SSSR count). The van der Waals surface area contributed by atoms with Crippen molar-refractivity contribution in [3.8, 4) is 5.82 Å². The number of quaternary nitrogens is 1. The van der Waals surface area contributed by atoms with E-state index in [2.05, 4.69) is 37.4 Å². The molecule has 0 spiro atoms. The van der Waals surface area contributed by atoms with Gasteiger partial charge in [-0.15, -0.1) is 16.7 Å². The third-order valence-electron chi connectivity index (χ3n) is 2.29. The number of hydrogen-bond donors (Lipinski definition) is 2. The second-order valence-corrected chi connectivity index (χ2v) is 3.95. The lowest BCUT2D eigenvalue weighted by atomic mass is 10.3. The van der Waals surface area contributed by atoms with Crippen LogP contribution in [0.25, 0.3) is 5.82 Å². The first kappa shape index (κ1) is 16.0. The zero-order valence-corrected chi connectivity index (χ0v) is 12.3. The van der Waals surface area contributed by atoms with Crippen LogP contribution in [0.2, 0.25) is 0 Å². The number of alkyl halides is 1. The summed E-state index contributed by atoms with van der Waals surface area (Å²) in [5, 5.41) is 4.22. The van der Waals surface area contributed by atoms with E-state index in [4.69, 9.17) is 5.73 Å². The smallest absolute Gasteiger partial charge is 0.268 e. The van der Waals surface area contributed by atoms with E-state index in [0.29, 0.717) is 17.5 Å². The van der Waals surface area contributed by atoms with E-state index in [1.807, 2.05) is 6.92 Å². The van der Waals surface area contributed by atoms with Gasteiger partial charge >= 0.3 is 0 Å². The van der Waals surface area contributed by atoms with Crippen LogP contribution in [-0.4, -0.2) is 37.0 Å². The van der Waals surface area contributed by atoms with Gasteiger partial charge in [0.05, 0.1) is 12.4 Å². The van der Waals surface area contributed by atoms with Crippen LogP contribution < -0.4 is 11.5 Å². The zero-order valence-electron chi connectivity index (χ0n) is 11.5. The van der Waals surface area contributed by atoms with Crippen molar-refractivity contribution in [3.63, 3.8) is 0 Å². The first-order chi connectivity index (χ1) is 9.49. The van der Waals surface area contributed by atoms with E-state index in [0.717, 1.165) is 0 Å². The summed E-state index contributed by atoms with van der Waals surface area (Å²) < 4.78 is 1.56. The molecule has 2 aromatic heterocycles.